The molecule has 3 unspecified atom stereocenters. The highest BCUT2D eigenvalue weighted by Crippen LogP contribution is 2.47. The SMILES string of the molecule is CCOC(=O)C1=C(C)NC2=CC(c3ccc(OC)c(OC)c3)CC(=O)C2C1c1ccc(Cl)c(Cl)c1. The number of methoxy groups -OCH3 is 2. The van der Waals surface area contributed by atoms with E-state index in [1.165, 1.54) is 0 Å². The normalized spacial score (nSPS) is 21.6. The number of Topliss-reactive ketones (excluding diaryl/α,β-unsaturated/α-hetero) is 1. The molecular formula is C27H27Cl2NO5. The van der Waals surface area contributed by atoms with Gasteiger partial charge in [0.25, 0.3) is 0 Å². The molecule has 2 aromatic rings. The molecule has 3 atom stereocenters. The van der Waals surface area contributed by atoms with Crippen molar-refractivity contribution in [3.63, 3.8) is 0 Å². The summed E-state index contributed by atoms with van der Waals surface area (Å²) in [4.78, 5) is 26.7. The first-order valence-corrected chi connectivity index (χ1v) is 12.1. The van der Waals surface area contributed by atoms with Crippen LogP contribution in [0.25, 0.3) is 0 Å². The molecular weight excluding hydrogens is 489 g/mol. The van der Waals surface area contributed by atoms with Gasteiger partial charge in [-0.25, -0.2) is 4.79 Å². The van der Waals surface area contributed by atoms with Crippen LogP contribution in [0.5, 0.6) is 11.5 Å². The summed E-state index contributed by atoms with van der Waals surface area (Å²) in [5.74, 6) is -0.502. The number of nitrogens with one attached hydrogen (secondary N) is 1. The molecule has 0 amide bonds. The Bertz CT molecular complexity index is 1240. The van der Waals surface area contributed by atoms with E-state index in [4.69, 9.17) is 37.4 Å². The highest BCUT2D eigenvalue weighted by Gasteiger charge is 2.45. The fourth-order valence-electron chi connectivity index (χ4n) is 4.92. The molecule has 0 radical (unpaired) electrons. The minimum atomic E-state index is -0.577. The Morgan fingerprint density at radius 2 is 1.71 bits per heavy atom. The van der Waals surface area contributed by atoms with Crippen molar-refractivity contribution in [3.8, 4) is 11.5 Å². The number of ketones is 1. The molecule has 2 aromatic carbocycles. The minimum absolute atomic E-state index is 0.0140. The molecule has 184 valence electrons. The number of carbonyl (C=O) groups excluding carboxylic acids is 2. The van der Waals surface area contributed by atoms with E-state index in [0.29, 0.717) is 32.8 Å². The van der Waals surface area contributed by atoms with Gasteiger partial charge in [0.15, 0.2) is 11.5 Å². The van der Waals surface area contributed by atoms with Crippen molar-refractivity contribution in [1.29, 1.82) is 0 Å². The lowest BCUT2D eigenvalue weighted by molar-refractivity contribution is -0.139. The first kappa shape index (κ1) is 25.1. The number of benzene rings is 2. The second kappa shape index (κ2) is 10.3. The molecule has 1 aliphatic heterocycles. The monoisotopic (exact) mass is 515 g/mol. The summed E-state index contributed by atoms with van der Waals surface area (Å²) < 4.78 is 16.2. The fourth-order valence-corrected chi connectivity index (χ4v) is 5.22. The molecule has 0 saturated heterocycles. The predicted molar refractivity (Wildman–Crippen MR) is 135 cm³/mol. The number of rotatable bonds is 6. The third-order valence-corrected chi connectivity index (χ3v) is 7.24. The first-order chi connectivity index (χ1) is 16.8. The summed E-state index contributed by atoms with van der Waals surface area (Å²) in [6.07, 6.45) is 2.33. The molecule has 6 nitrogen and oxygen atoms in total. The molecule has 1 aliphatic carbocycles. The van der Waals surface area contributed by atoms with E-state index in [0.717, 1.165) is 16.8 Å². The third-order valence-electron chi connectivity index (χ3n) is 6.50. The molecule has 35 heavy (non-hydrogen) atoms. The molecule has 2 aliphatic rings. The maximum Gasteiger partial charge on any atom is 0.336 e. The Hall–Kier alpha value is -2.96. The number of carbonyl (C=O) groups is 2. The maximum absolute atomic E-state index is 13.7. The van der Waals surface area contributed by atoms with Crippen LogP contribution < -0.4 is 14.8 Å². The van der Waals surface area contributed by atoms with Crippen LogP contribution in [0.3, 0.4) is 0 Å². The van der Waals surface area contributed by atoms with Gasteiger partial charge in [-0.15, -0.1) is 0 Å². The topological polar surface area (TPSA) is 73.9 Å². The van der Waals surface area contributed by atoms with E-state index in [2.05, 4.69) is 11.4 Å². The van der Waals surface area contributed by atoms with Crippen molar-refractivity contribution in [2.24, 2.45) is 5.92 Å². The predicted octanol–water partition coefficient (Wildman–Crippen LogP) is 5.79. The molecule has 1 heterocycles. The van der Waals surface area contributed by atoms with Crippen molar-refractivity contribution in [2.45, 2.75) is 32.1 Å². The lowest BCUT2D eigenvalue weighted by Gasteiger charge is -2.39. The van der Waals surface area contributed by atoms with Gasteiger partial charge in [0, 0.05) is 29.7 Å². The van der Waals surface area contributed by atoms with Gasteiger partial charge < -0.3 is 19.5 Å². The van der Waals surface area contributed by atoms with E-state index in [-0.39, 0.29) is 24.7 Å². The number of esters is 1. The van der Waals surface area contributed by atoms with Gasteiger partial charge in [0.2, 0.25) is 0 Å². The van der Waals surface area contributed by atoms with Crippen LogP contribution in [0.4, 0.5) is 0 Å². The van der Waals surface area contributed by atoms with Crippen LogP contribution in [0.15, 0.2) is 59.4 Å². The Kier molecular flexibility index (Phi) is 7.43. The molecule has 1 N–H and O–H groups in total. The fraction of sp³-hybridized carbons (Fsp3) is 0.333. The second-order valence-electron chi connectivity index (χ2n) is 8.53. The molecule has 8 heteroatoms. The van der Waals surface area contributed by atoms with Crippen LogP contribution >= 0.6 is 23.2 Å². The van der Waals surface area contributed by atoms with Gasteiger partial charge in [-0.3, -0.25) is 4.79 Å². The smallest absolute Gasteiger partial charge is 0.336 e. The third kappa shape index (κ3) is 4.78. The van der Waals surface area contributed by atoms with Crippen molar-refractivity contribution in [2.75, 3.05) is 20.8 Å². The van der Waals surface area contributed by atoms with E-state index < -0.39 is 17.8 Å². The minimum Gasteiger partial charge on any atom is -0.493 e. The first-order valence-electron chi connectivity index (χ1n) is 11.3. The number of fused-ring (bicyclic) bond motifs is 1. The van der Waals surface area contributed by atoms with E-state index >= 15 is 0 Å². The molecule has 0 fully saturated rings. The number of hydrogen-bond donors (Lipinski definition) is 1. The zero-order chi connectivity index (χ0) is 25.3. The number of halogens is 2. The number of allylic oxidation sites excluding steroid dienone is 3. The van der Waals surface area contributed by atoms with Crippen LogP contribution in [-0.2, 0) is 14.3 Å². The molecule has 0 bridgehead atoms. The Morgan fingerprint density at radius 1 is 1.00 bits per heavy atom. The summed E-state index contributed by atoms with van der Waals surface area (Å²) in [7, 11) is 3.16. The highest BCUT2D eigenvalue weighted by molar-refractivity contribution is 6.42. The maximum atomic E-state index is 13.7. The second-order valence-corrected chi connectivity index (χ2v) is 9.34. The van der Waals surface area contributed by atoms with Crippen molar-refractivity contribution in [3.05, 3.63) is 80.6 Å². The summed E-state index contributed by atoms with van der Waals surface area (Å²) in [5.41, 5.74) is 3.49. The Labute approximate surface area is 214 Å². The van der Waals surface area contributed by atoms with Gasteiger partial charge in [-0.2, -0.15) is 0 Å². The Morgan fingerprint density at radius 3 is 2.37 bits per heavy atom. The van der Waals surface area contributed by atoms with Crippen LogP contribution in [0.2, 0.25) is 10.0 Å². The average Bonchev–Trinajstić information content (AvgIpc) is 2.84. The van der Waals surface area contributed by atoms with Crippen LogP contribution in [-0.4, -0.2) is 32.6 Å². The van der Waals surface area contributed by atoms with Gasteiger partial charge >= 0.3 is 5.97 Å². The standard InChI is InChI=1S/C27H27Cl2NO5/c1-5-35-27(32)24-14(2)30-20-11-17(15-7-9-22(33-3)23(13-15)34-4)12-21(31)26(20)25(24)16-6-8-18(28)19(29)10-16/h6-11,13,17,25-26,30H,5,12H2,1-4H3. The van der Waals surface area contributed by atoms with Gasteiger partial charge in [0.05, 0.1) is 42.4 Å². The Balaban J connectivity index is 1.82. The molecule has 4 rings (SSSR count). The van der Waals surface area contributed by atoms with Crippen LogP contribution in [0.1, 0.15) is 43.2 Å². The summed E-state index contributed by atoms with van der Waals surface area (Å²) >= 11 is 12.5. The van der Waals surface area contributed by atoms with Gasteiger partial charge in [-0.05, 0) is 49.2 Å². The summed E-state index contributed by atoms with van der Waals surface area (Å²) in [5, 5.41) is 4.09. The van der Waals surface area contributed by atoms with Crippen molar-refractivity contribution in [1.82, 2.24) is 5.32 Å². The number of hydrogen-bond acceptors (Lipinski definition) is 6. The zero-order valence-corrected chi connectivity index (χ0v) is 21.5. The largest absolute Gasteiger partial charge is 0.493 e. The van der Waals surface area contributed by atoms with Crippen LogP contribution in [0, 0.1) is 5.92 Å². The van der Waals surface area contributed by atoms with E-state index in [1.54, 1.807) is 33.3 Å². The zero-order valence-electron chi connectivity index (χ0n) is 20.0. The lowest BCUT2D eigenvalue weighted by atomic mass is 9.68. The number of ether oxygens (including phenoxy) is 3. The summed E-state index contributed by atoms with van der Waals surface area (Å²) in [6, 6.07) is 10.9. The van der Waals surface area contributed by atoms with Gasteiger partial charge in [-0.1, -0.05) is 41.4 Å². The van der Waals surface area contributed by atoms with Gasteiger partial charge in [0.1, 0.15) is 5.78 Å². The quantitative estimate of drug-likeness (QED) is 0.490. The summed E-state index contributed by atoms with van der Waals surface area (Å²) in [6.45, 7) is 3.80. The van der Waals surface area contributed by atoms with E-state index in [1.807, 2.05) is 31.2 Å². The van der Waals surface area contributed by atoms with E-state index in [9.17, 15) is 9.59 Å². The average molecular weight is 516 g/mol. The van der Waals surface area contributed by atoms with Crippen molar-refractivity contribution < 1.29 is 23.8 Å². The lowest BCUT2D eigenvalue weighted by Crippen LogP contribution is -2.42. The molecule has 0 spiro atoms. The highest BCUT2D eigenvalue weighted by atomic mass is 35.5. The van der Waals surface area contributed by atoms with Crippen molar-refractivity contribution >= 4 is 35.0 Å². The molecule has 0 aromatic heterocycles. The molecule has 0 saturated carbocycles.